The number of benzene rings is 2. The zero-order valence-corrected chi connectivity index (χ0v) is 17.1. The van der Waals surface area contributed by atoms with E-state index in [2.05, 4.69) is 27.7 Å². The Bertz CT molecular complexity index is 818. The molecule has 2 aromatic rings. The molecular weight excluding hydrogens is 366 g/mol. The van der Waals surface area contributed by atoms with Crippen molar-refractivity contribution in [3.8, 4) is 5.75 Å². The second kappa shape index (κ2) is 10.1. The van der Waals surface area contributed by atoms with Crippen molar-refractivity contribution in [1.82, 2.24) is 10.2 Å². The normalized spacial score (nSPS) is 17.2. The van der Waals surface area contributed by atoms with Gasteiger partial charge >= 0.3 is 0 Å². The Kier molecular flexibility index (Phi) is 7.25. The van der Waals surface area contributed by atoms with E-state index >= 15 is 0 Å². The largest absolute Gasteiger partial charge is 0.497 e. The molecule has 0 saturated carbocycles. The maximum absolute atomic E-state index is 12.7. The van der Waals surface area contributed by atoms with Gasteiger partial charge in [-0.15, -0.1) is 0 Å². The van der Waals surface area contributed by atoms with Crippen LogP contribution in [0.1, 0.15) is 47.6 Å². The highest BCUT2D eigenvalue weighted by Gasteiger charge is 2.24. The summed E-state index contributed by atoms with van der Waals surface area (Å²) in [5.41, 5.74) is 2.48. The molecule has 2 amide bonds. The number of likely N-dealkylation sites (tertiary alicyclic amines) is 1. The first-order valence-corrected chi connectivity index (χ1v) is 10.1. The number of anilines is 1. The predicted molar refractivity (Wildman–Crippen MR) is 114 cm³/mol. The number of hydrogen-bond acceptors (Lipinski definition) is 4. The average molecular weight is 396 g/mol. The van der Waals surface area contributed by atoms with Gasteiger partial charge in [0.25, 0.3) is 5.91 Å². The molecule has 1 fully saturated rings. The minimum absolute atomic E-state index is 0.0434. The molecular formula is C23H29N3O3. The topological polar surface area (TPSA) is 70.7 Å². The summed E-state index contributed by atoms with van der Waals surface area (Å²) in [6.45, 7) is 1.24. The first kappa shape index (κ1) is 20.9. The van der Waals surface area contributed by atoms with Gasteiger partial charge in [0.1, 0.15) is 5.75 Å². The van der Waals surface area contributed by atoms with Crippen molar-refractivity contribution in [3.63, 3.8) is 0 Å². The summed E-state index contributed by atoms with van der Waals surface area (Å²) in [5, 5.41) is 5.54. The van der Waals surface area contributed by atoms with Gasteiger partial charge in [-0.25, -0.2) is 0 Å². The fourth-order valence-corrected chi connectivity index (χ4v) is 3.79. The van der Waals surface area contributed by atoms with E-state index in [1.807, 2.05) is 12.1 Å². The van der Waals surface area contributed by atoms with Gasteiger partial charge in [-0.05, 0) is 61.3 Å². The zero-order chi connectivity index (χ0) is 20.6. The van der Waals surface area contributed by atoms with Crippen LogP contribution in [0.4, 0.5) is 5.69 Å². The Balaban J connectivity index is 1.66. The molecule has 1 saturated heterocycles. The van der Waals surface area contributed by atoms with Crippen molar-refractivity contribution in [2.75, 3.05) is 32.6 Å². The molecule has 2 N–H and O–H groups in total. The van der Waals surface area contributed by atoms with Gasteiger partial charge in [-0.1, -0.05) is 25.0 Å². The van der Waals surface area contributed by atoms with E-state index < -0.39 is 0 Å². The second-order valence-corrected chi connectivity index (χ2v) is 7.31. The summed E-state index contributed by atoms with van der Waals surface area (Å²) in [5.74, 6) is 0.653. The Labute approximate surface area is 172 Å². The van der Waals surface area contributed by atoms with Crippen LogP contribution in [0.15, 0.2) is 48.5 Å². The number of carbonyl (C=O) groups is 2. The molecule has 1 heterocycles. The highest BCUT2D eigenvalue weighted by Crippen LogP contribution is 2.31. The number of methoxy groups -OCH3 is 1. The number of rotatable bonds is 6. The monoisotopic (exact) mass is 395 g/mol. The maximum Gasteiger partial charge on any atom is 0.251 e. The summed E-state index contributed by atoms with van der Waals surface area (Å²) < 4.78 is 5.27. The molecule has 6 nitrogen and oxygen atoms in total. The van der Waals surface area contributed by atoms with Crippen molar-refractivity contribution in [2.45, 2.75) is 31.7 Å². The molecule has 1 aliphatic heterocycles. The van der Waals surface area contributed by atoms with Crippen LogP contribution < -0.4 is 15.4 Å². The fraction of sp³-hybridized carbons (Fsp3) is 0.391. The SMILES string of the molecule is CNC(=O)c1ccc(NC(=O)CN2CCCCC[C@@H]2c2ccc(OC)cc2)cc1. The molecule has 154 valence electrons. The molecule has 1 atom stereocenters. The van der Waals surface area contributed by atoms with Gasteiger partial charge < -0.3 is 15.4 Å². The Hall–Kier alpha value is -2.86. The van der Waals surface area contributed by atoms with E-state index in [0.29, 0.717) is 17.8 Å². The Morgan fingerprint density at radius 1 is 1.03 bits per heavy atom. The number of nitrogens with one attached hydrogen (secondary N) is 2. The summed E-state index contributed by atoms with van der Waals surface area (Å²) >= 11 is 0. The lowest BCUT2D eigenvalue weighted by Crippen LogP contribution is -2.36. The van der Waals surface area contributed by atoms with Crippen LogP contribution in [-0.4, -0.2) is 44.0 Å². The van der Waals surface area contributed by atoms with Crippen LogP contribution in [-0.2, 0) is 4.79 Å². The Morgan fingerprint density at radius 2 is 1.76 bits per heavy atom. The quantitative estimate of drug-likeness (QED) is 0.784. The lowest BCUT2D eigenvalue weighted by Gasteiger charge is -2.29. The van der Waals surface area contributed by atoms with E-state index in [1.165, 1.54) is 12.0 Å². The van der Waals surface area contributed by atoms with Gasteiger partial charge in [0.15, 0.2) is 0 Å². The summed E-state index contributed by atoms with van der Waals surface area (Å²) in [6, 6.07) is 15.3. The first-order valence-electron chi connectivity index (χ1n) is 10.1. The number of amides is 2. The van der Waals surface area contributed by atoms with Crippen LogP contribution in [0.5, 0.6) is 5.75 Å². The third-order valence-electron chi connectivity index (χ3n) is 5.37. The van der Waals surface area contributed by atoms with Gasteiger partial charge in [0.05, 0.1) is 13.7 Å². The Morgan fingerprint density at radius 3 is 2.41 bits per heavy atom. The molecule has 0 spiro atoms. The molecule has 0 radical (unpaired) electrons. The lowest BCUT2D eigenvalue weighted by atomic mass is 10.0. The van der Waals surface area contributed by atoms with Crippen LogP contribution in [0, 0.1) is 0 Å². The fourth-order valence-electron chi connectivity index (χ4n) is 3.79. The third-order valence-corrected chi connectivity index (χ3v) is 5.37. The number of hydrogen-bond donors (Lipinski definition) is 2. The number of ether oxygens (including phenoxy) is 1. The van der Waals surface area contributed by atoms with Crippen LogP contribution in [0.2, 0.25) is 0 Å². The predicted octanol–water partition coefficient (Wildman–Crippen LogP) is 3.61. The molecule has 0 aliphatic carbocycles. The average Bonchev–Trinajstić information content (AvgIpc) is 2.99. The molecule has 3 rings (SSSR count). The van der Waals surface area contributed by atoms with Crippen molar-refractivity contribution in [3.05, 3.63) is 59.7 Å². The summed E-state index contributed by atoms with van der Waals surface area (Å²) in [7, 11) is 3.26. The molecule has 2 aromatic carbocycles. The van der Waals surface area contributed by atoms with Crippen LogP contribution in [0.3, 0.4) is 0 Å². The molecule has 0 aromatic heterocycles. The third kappa shape index (κ3) is 5.57. The van der Waals surface area contributed by atoms with E-state index in [9.17, 15) is 9.59 Å². The molecule has 1 aliphatic rings. The van der Waals surface area contributed by atoms with Crippen molar-refractivity contribution in [1.29, 1.82) is 0 Å². The molecule has 29 heavy (non-hydrogen) atoms. The molecule has 0 unspecified atom stereocenters. The first-order chi connectivity index (χ1) is 14.1. The van der Waals surface area contributed by atoms with E-state index in [1.54, 1.807) is 38.4 Å². The minimum atomic E-state index is -0.144. The van der Waals surface area contributed by atoms with Crippen molar-refractivity contribution >= 4 is 17.5 Å². The van der Waals surface area contributed by atoms with E-state index in [-0.39, 0.29) is 17.9 Å². The smallest absolute Gasteiger partial charge is 0.251 e. The molecule has 0 bridgehead atoms. The summed E-state index contributed by atoms with van der Waals surface area (Å²) in [4.78, 5) is 26.6. The van der Waals surface area contributed by atoms with E-state index in [4.69, 9.17) is 4.74 Å². The van der Waals surface area contributed by atoms with Gasteiger partial charge in [0, 0.05) is 24.3 Å². The van der Waals surface area contributed by atoms with Crippen LogP contribution in [0.25, 0.3) is 0 Å². The highest BCUT2D eigenvalue weighted by atomic mass is 16.5. The summed E-state index contributed by atoms with van der Waals surface area (Å²) in [6.07, 6.45) is 4.49. The van der Waals surface area contributed by atoms with Crippen LogP contribution >= 0.6 is 0 Å². The number of nitrogens with zero attached hydrogens (tertiary/aromatic N) is 1. The number of carbonyl (C=O) groups excluding carboxylic acids is 2. The highest BCUT2D eigenvalue weighted by molar-refractivity contribution is 5.96. The standard InChI is InChI=1S/C23H29N3O3/c1-24-23(28)18-7-11-19(12-8-18)25-22(27)16-26-15-5-3-4-6-21(26)17-9-13-20(29-2)14-10-17/h7-14,21H,3-6,15-16H2,1-2H3,(H,24,28)(H,25,27)/t21-/m1/s1. The van der Waals surface area contributed by atoms with Gasteiger partial charge in [-0.2, -0.15) is 0 Å². The van der Waals surface area contributed by atoms with Gasteiger partial charge in [-0.3, -0.25) is 14.5 Å². The zero-order valence-electron chi connectivity index (χ0n) is 17.1. The minimum Gasteiger partial charge on any atom is -0.497 e. The van der Waals surface area contributed by atoms with Gasteiger partial charge in [0.2, 0.25) is 5.91 Å². The van der Waals surface area contributed by atoms with Crippen molar-refractivity contribution in [2.24, 2.45) is 0 Å². The lowest BCUT2D eigenvalue weighted by molar-refractivity contribution is -0.117. The van der Waals surface area contributed by atoms with Crippen molar-refractivity contribution < 1.29 is 14.3 Å². The van der Waals surface area contributed by atoms with E-state index in [0.717, 1.165) is 31.6 Å². The maximum atomic E-state index is 12.7. The molecule has 6 heteroatoms. The second-order valence-electron chi connectivity index (χ2n) is 7.31.